The van der Waals surface area contributed by atoms with E-state index in [0.29, 0.717) is 12.3 Å². The molecule has 1 unspecified atom stereocenters. The Morgan fingerprint density at radius 2 is 2.16 bits per heavy atom. The van der Waals surface area contributed by atoms with Crippen LogP contribution in [0.1, 0.15) is 38.4 Å². The molecule has 0 saturated heterocycles. The summed E-state index contributed by atoms with van der Waals surface area (Å²) in [6.07, 6.45) is 3.14. The second-order valence-electron chi connectivity index (χ2n) is 5.58. The van der Waals surface area contributed by atoms with Gasteiger partial charge < -0.3 is 14.6 Å². The van der Waals surface area contributed by atoms with Crippen LogP contribution in [-0.2, 0) is 4.79 Å². The van der Waals surface area contributed by atoms with Crippen LogP contribution in [0.5, 0.6) is 0 Å². The van der Waals surface area contributed by atoms with Crippen LogP contribution in [0, 0.1) is 5.92 Å². The molecule has 0 spiro atoms. The van der Waals surface area contributed by atoms with Crippen LogP contribution in [0.3, 0.4) is 0 Å². The summed E-state index contributed by atoms with van der Waals surface area (Å²) in [4.78, 5) is 14.0. The van der Waals surface area contributed by atoms with Crippen LogP contribution in [0.15, 0.2) is 22.8 Å². The van der Waals surface area contributed by atoms with E-state index in [1.165, 1.54) is 0 Å². The molecule has 1 N–H and O–H groups in total. The van der Waals surface area contributed by atoms with Gasteiger partial charge in [-0.25, -0.2) is 0 Å². The fraction of sp³-hybridized carbons (Fsp3) is 0.667. The quantitative estimate of drug-likeness (QED) is 0.735. The summed E-state index contributed by atoms with van der Waals surface area (Å²) >= 11 is 0. The van der Waals surface area contributed by atoms with E-state index in [-0.39, 0.29) is 11.8 Å². The van der Waals surface area contributed by atoms with Gasteiger partial charge in [-0.15, -0.1) is 0 Å². The van der Waals surface area contributed by atoms with Gasteiger partial charge in [0.25, 0.3) is 0 Å². The van der Waals surface area contributed by atoms with Crippen molar-refractivity contribution in [1.82, 2.24) is 10.2 Å². The number of carbonyl (C=O) groups is 1. The molecule has 0 fully saturated rings. The van der Waals surface area contributed by atoms with Crippen molar-refractivity contribution in [3.8, 4) is 0 Å². The fourth-order valence-electron chi connectivity index (χ4n) is 2.06. The van der Waals surface area contributed by atoms with Crippen LogP contribution in [0.2, 0.25) is 0 Å². The van der Waals surface area contributed by atoms with Crippen molar-refractivity contribution in [2.24, 2.45) is 5.92 Å². The van der Waals surface area contributed by atoms with E-state index in [2.05, 4.69) is 24.1 Å². The Labute approximate surface area is 116 Å². The summed E-state index contributed by atoms with van der Waals surface area (Å²) < 4.78 is 5.43. The minimum atomic E-state index is 0.105. The molecule has 1 aromatic rings. The third-order valence-corrected chi connectivity index (χ3v) is 3.22. The predicted molar refractivity (Wildman–Crippen MR) is 77.1 cm³/mol. The summed E-state index contributed by atoms with van der Waals surface area (Å²) in [5.74, 6) is 1.55. The third-order valence-electron chi connectivity index (χ3n) is 3.22. The van der Waals surface area contributed by atoms with Gasteiger partial charge in [0.1, 0.15) is 5.76 Å². The van der Waals surface area contributed by atoms with E-state index in [9.17, 15) is 4.79 Å². The van der Waals surface area contributed by atoms with E-state index < -0.39 is 0 Å². The number of nitrogens with one attached hydrogen (secondary N) is 1. The molecule has 0 aromatic carbocycles. The third kappa shape index (κ3) is 5.92. The van der Waals surface area contributed by atoms with Crippen molar-refractivity contribution < 1.29 is 9.21 Å². The van der Waals surface area contributed by atoms with Crippen LogP contribution in [-0.4, -0.2) is 38.0 Å². The molecule has 4 heteroatoms. The summed E-state index contributed by atoms with van der Waals surface area (Å²) in [5.41, 5.74) is 0. The second kappa shape index (κ2) is 8.00. The molecule has 4 nitrogen and oxygen atoms in total. The van der Waals surface area contributed by atoms with Gasteiger partial charge in [-0.3, -0.25) is 4.79 Å². The first-order chi connectivity index (χ1) is 9.00. The van der Waals surface area contributed by atoms with Gasteiger partial charge in [0, 0.05) is 18.9 Å². The summed E-state index contributed by atoms with van der Waals surface area (Å²) in [7, 11) is 4.07. The Kier molecular flexibility index (Phi) is 6.64. The number of rotatable bonds is 8. The van der Waals surface area contributed by atoms with E-state index in [1.807, 2.05) is 26.2 Å². The van der Waals surface area contributed by atoms with Crippen molar-refractivity contribution in [2.45, 2.75) is 32.6 Å². The van der Waals surface area contributed by atoms with Gasteiger partial charge in [-0.05, 0) is 45.1 Å². The zero-order valence-corrected chi connectivity index (χ0v) is 12.5. The highest BCUT2D eigenvalue weighted by atomic mass is 16.3. The number of nitrogens with zero attached hydrogens (tertiary/aromatic N) is 1. The minimum absolute atomic E-state index is 0.105. The highest BCUT2D eigenvalue weighted by Gasteiger charge is 2.21. The van der Waals surface area contributed by atoms with Crippen LogP contribution >= 0.6 is 0 Å². The zero-order valence-electron chi connectivity index (χ0n) is 12.5. The Morgan fingerprint density at radius 1 is 1.42 bits per heavy atom. The number of carbonyl (C=O) groups excluding carboxylic acids is 1. The van der Waals surface area contributed by atoms with Crippen molar-refractivity contribution in [1.29, 1.82) is 0 Å². The minimum Gasteiger partial charge on any atom is -0.469 e. The van der Waals surface area contributed by atoms with Crippen LogP contribution < -0.4 is 5.32 Å². The Morgan fingerprint density at radius 3 is 2.68 bits per heavy atom. The highest BCUT2D eigenvalue weighted by Crippen LogP contribution is 2.27. The van der Waals surface area contributed by atoms with Gasteiger partial charge in [0.2, 0.25) is 5.91 Å². The van der Waals surface area contributed by atoms with Crippen molar-refractivity contribution in [3.05, 3.63) is 24.2 Å². The lowest BCUT2D eigenvalue weighted by atomic mass is 9.90. The van der Waals surface area contributed by atoms with Gasteiger partial charge >= 0.3 is 0 Å². The molecule has 1 atom stereocenters. The smallest absolute Gasteiger partial charge is 0.220 e. The van der Waals surface area contributed by atoms with E-state index >= 15 is 0 Å². The van der Waals surface area contributed by atoms with Crippen molar-refractivity contribution in [2.75, 3.05) is 27.2 Å². The molecule has 0 bridgehead atoms. The number of furan rings is 1. The van der Waals surface area contributed by atoms with E-state index in [4.69, 9.17) is 4.42 Å². The maximum atomic E-state index is 11.9. The maximum Gasteiger partial charge on any atom is 0.220 e. The van der Waals surface area contributed by atoms with Gasteiger partial charge in [0.05, 0.1) is 6.26 Å². The fourth-order valence-corrected chi connectivity index (χ4v) is 2.06. The maximum absolute atomic E-state index is 11.9. The molecule has 1 aromatic heterocycles. The largest absolute Gasteiger partial charge is 0.469 e. The number of hydrogen-bond acceptors (Lipinski definition) is 3. The molecule has 0 aliphatic heterocycles. The molecular weight excluding hydrogens is 240 g/mol. The lowest BCUT2D eigenvalue weighted by molar-refractivity contribution is -0.121. The molecule has 1 heterocycles. The van der Waals surface area contributed by atoms with Gasteiger partial charge in [0.15, 0.2) is 0 Å². The lowest BCUT2D eigenvalue weighted by Gasteiger charge is -2.18. The molecular formula is C15H26N2O2. The first-order valence-electron chi connectivity index (χ1n) is 6.95. The average Bonchev–Trinajstić information content (AvgIpc) is 2.84. The summed E-state index contributed by atoms with van der Waals surface area (Å²) in [5, 5.41) is 2.98. The first kappa shape index (κ1) is 15.8. The molecule has 1 amide bonds. The number of amides is 1. The molecule has 0 radical (unpaired) electrons. The molecule has 0 saturated carbocycles. The van der Waals surface area contributed by atoms with E-state index in [1.54, 1.807) is 6.26 Å². The lowest BCUT2D eigenvalue weighted by Crippen LogP contribution is -2.29. The average molecular weight is 266 g/mol. The SMILES string of the molecule is CC(C)C(CC(=O)NCCCN(C)C)c1ccco1. The molecule has 0 aliphatic rings. The van der Waals surface area contributed by atoms with Gasteiger partial charge in [-0.2, -0.15) is 0 Å². The summed E-state index contributed by atoms with van der Waals surface area (Å²) in [6, 6.07) is 3.82. The Balaban J connectivity index is 2.36. The zero-order chi connectivity index (χ0) is 14.3. The Hall–Kier alpha value is -1.29. The second-order valence-corrected chi connectivity index (χ2v) is 5.58. The van der Waals surface area contributed by atoms with Crippen molar-refractivity contribution >= 4 is 5.91 Å². The first-order valence-corrected chi connectivity index (χ1v) is 6.95. The highest BCUT2D eigenvalue weighted by molar-refractivity contribution is 5.76. The van der Waals surface area contributed by atoms with E-state index in [0.717, 1.165) is 25.3 Å². The topological polar surface area (TPSA) is 45.5 Å². The molecule has 1 rings (SSSR count). The van der Waals surface area contributed by atoms with Crippen molar-refractivity contribution in [3.63, 3.8) is 0 Å². The molecule has 0 aliphatic carbocycles. The van der Waals surface area contributed by atoms with Crippen LogP contribution in [0.25, 0.3) is 0 Å². The monoisotopic (exact) mass is 266 g/mol. The molecule has 108 valence electrons. The van der Waals surface area contributed by atoms with Gasteiger partial charge in [-0.1, -0.05) is 13.8 Å². The normalized spacial score (nSPS) is 12.9. The summed E-state index contributed by atoms with van der Waals surface area (Å²) in [6.45, 7) is 5.96. The predicted octanol–water partition coefficient (Wildman–Crippen LogP) is 2.48. The number of hydrogen-bond donors (Lipinski definition) is 1. The van der Waals surface area contributed by atoms with Crippen LogP contribution in [0.4, 0.5) is 0 Å². The molecule has 19 heavy (non-hydrogen) atoms. The standard InChI is InChI=1S/C15H26N2O2/c1-12(2)13(14-7-5-10-19-14)11-15(18)16-8-6-9-17(3)4/h5,7,10,12-13H,6,8-9,11H2,1-4H3,(H,16,18). The Bertz CT molecular complexity index is 358.